The topological polar surface area (TPSA) is 26.3 Å². The van der Waals surface area contributed by atoms with Crippen LogP contribution >= 0.6 is 0 Å². The molecule has 0 aliphatic carbocycles. The van der Waals surface area contributed by atoms with Crippen LogP contribution < -0.4 is 0 Å². The second kappa shape index (κ2) is 7.07. The SMILES string of the molecule is CCCCCCC(=O)OC(C)F. The molecule has 0 aromatic carbocycles. The molecule has 0 aromatic heterocycles. The predicted molar refractivity (Wildman–Crippen MR) is 45.4 cm³/mol. The summed E-state index contributed by atoms with van der Waals surface area (Å²) in [6, 6.07) is 0. The fourth-order valence-corrected chi connectivity index (χ4v) is 0.936. The van der Waals surface area contributed by atoms with Gasteiger partial charge in [0.05, 0.1) is 0 Å². The first-order chi connectivity index (χ1) is 5.66. The van der Waals surface area contributed by atoms with Crippen molar-refractivity contribution in [1.82, 2.24) is 0 Å². The van der Waals surface area contributed by atoms with Crippen molar-refractivity contribution < 1.29 is 13.9 Å². The van der Waals surface area contributed by atoms with Crippen molar-refractivity contribution in [2.75, 3.05) is 0 Å². The minimum atomic E-state index is -1.47. The van der Waals surface area contributed by atoms with E-state index in [0.717, 1.165) is 25.7 Å². The molecule has 1 unspecified atom stereocenters. The van der Waals surface area contributed by atoms with Gasteiger partial charge in [-0.2, -0.15) is 0 Å². The van der Waals surface area contributed by atoms with Gasteiger partial charge in [0.1, 0.15) is 0 Å². The second-order valence-corrected chi connectivity index (χ2v) is 2.84. The van der Waals surface area contributed by atoms with Gasteiger partial charge in [-0.1, -0.05) is 26.2 Å². The lowest BCUT2D eigenvalue weighted by Crippen LogP contribution is -2.09. The Bertz CT molecular complexity index is 124. The molecule has 0 aromatic rings. The minimum Gasteiger partial charge on any atom is -0.431 e. The predicted octanol–water partition coefficient (Wildman–Crippen LogP) is 2.82. The maximum atomic E-state index is 12.1. The molecule has 0 radical (unpaired) electrons. The number of rotatable bonds is 6. The number of hydrogen-bond acceptors (Lipinski definition) is 2. The van der Waals surface area contributed by atoms with Crippen LogP contribution in [0, 0.1) is 0 Å². The Balaban J connectivity index is 3.20. The number of halogens is 1. The first-order valence-electron chi connectivity index (χ1n) is 4.50. The van der Waals surface area contributed by atoms with Crippen LogP contribution in [0.4, 0.5) is 4.39 Å². The minimum absolute atomic E-state index is 0.342. The molecule has 3 heteroatoms. The summed E-state index contributed by atoms with van der Waals surface area (Å²) in [6.45, 7) is 3.31. The van der Waals surface area contributed by atoms with Gasteiger partial charge in [0.2, 0.25) is 6.36 Å². The van der Waals surface area contributed by atoms with Gasteiger partial charge in [-0.15, -0.1) is 0 Å². The molecule has 0 aliphatic rings. The Hall–Kier alpha value is -0.600. The molecule has 1 atom stereocenters. The number of unbranched alkanes of at least 4 members (excludes halogenated alkanes) is 3. The van der Waals surface area contributed by atoms with Gasteiger partial charge in [-0.3, -0.25) is 4.79 Å². The highest BCUT2D eigenvalue weighted by atomic mass is 19.1. The normalized spacial score (nSPS) is 12.6. The number of ether oxygens (including phenoxy) is 1. The summed E-state index contributed by atoms with van der Waals surface area (Å²) in [7, 11) is 0. The quantitative estimate of drug-likeness (QED) is 0.459. The largest absolute Gasteiger partial charge is 0.431 e. The van der Waals surface area contributed by atoms with Crippen molar-refractivity contribution in [3.05, 3.63) is 0 Å². The third kappa shape index (κ3) is 7.51. The van der Waals surface area contributed by atoms with E-state index < -0.39 is 12.3 Å². The Morgan fingerprint density at radius 1 is 1.42 bits per heavy atom. The van der Waals surface area contributed by atoms with Crippen LogP contribution in [0.3, 0.4) is 0 Å². The highest BCUT2D eigenvalue weighted by Gasteiger charge is 2.06. The van der Waals surface area contributed by atoms with E-state index in [1.165, 1.54) is 6.92 Å². The van der Waals surface area contributed by atoms with Crippen LogP contribution in [0.15, 0.2) is 0 Å². The van der Waals surface area contributed by atoms with Crippen molar-refractivity contribution in [1.29, 1.82) is 0 Å². The van der Waals surface area contributed by atoms with Gasteiger partial charge in [0.25, 0.3) is 0 Å². The monoisotopic (exact) mass is 176 g/mol. The molecule has 72 valence electrons. The first kappa shape index (κ1) is 11.4. The van der Waals surface area contributed by atoms with Crippen molar-refractivity contribution in [3.63, 3.8) is 0 Å². The molecule has 0 spiro atoms. The van der Waals surface area contributed by atoms with Crippen molar-refractivity contribution >= 4 is 5.97 Å². The van der Waals surface area contributed by atoms with Crippen molar-refractivity contribution in [2.45, 2.75) is 52.3 Å². The van der Waals surface area contributed by atoms with Gasteiger partial charge in [0.15, 0.2) is 0 Å². The summed E-state index contributed by atoms with van der Waals surface area (Å²) in [6.07, 6.45) is 2.95. The molecular formula is C9H17FO2. The Morgan fingerprint density at radius 2 is 2.08 bits per heavy atom. The van der Waals surface area contributed by atoms with Crippen LogP contribution in [0.5, 0.6) is 0 Å². The van der Waals surface area contributed by atoms with E-state index in [1.54, 1.807) is 0 Å². The third-order valence-electron chi connectivity index (χ3n) is 1.53. The van der Waals surface area contributed by atoms with Gasteiger partial charge in [-0.05, 0) is 6.42 Å². The van der Waals surface area contributed by atoms with E-state index in [-0.39, 0.29) is 0 Å². The van der Waals surface area contributed by atoms with E-state index in [9.17, 15) is 9.18 Å². The molecule has 0 saturated carbocycles. The van der Waals surface area contributed by atoms with E-state index >= 15 is 0 Å². The zero-order valence-electron chi connectivity index (χ0n) is 7.81. The molecule has 0 N–H and O–H groups in total. The molecule has 0 bridgehead atoms. The molecule has 0 aliphatic heterocycles. The van der Waals surface area contributed by atoms with Gasteiger partial charge in [0, 0.05) is 13.3 Å². The fourth-order valence-electron chi connectivity index (χ4n) is 0.936. The number of esters is 1. The van der Waals surface area contributed by atoms with Crippen LogP contribution in [0.1, 0.15) is 46.0 Å². The van der Waals surface area contributed by atoms with Gasteiger partial charge < -0.3 is 4.74 Å². The summed E-state index contributed by atoms with van der Waals surface area (Å²) in [4.78, 5) is 10.8. The number of hydrogen-bond donors (Lipinski definition) is 0. The molecule has 0 rings (SSSR count). The molecule has 2 nitrogen and oxygen atoms in total. The van der Waals surface area contributed by atoms with E-state index in [4.69, 9.17) is 0 Å². The van der Waals surface area contributed by atoms with Crippen LogP contribution in [-0.4, -0.2) is 12.3 Å². The first-order valence-corrected chi connectivity index (χ1v) is 4.50. The smallest absolute Gasteiger partial charge is 0.308 e. The Kier molecular flexibility index (Phi) is 6.72. The van der Waals surface area contributed by atoms with Crippen molar-refractivity contribution in [2.24, 2.45) is 0 Å². The number of alkyl halides is 1. The fraction of sp³-hybridized carbons (Fsp3) is 0.889. The lowest BCUT2D eigenvalue weighted by molar-refractivity contribution is -0.156. The molecule has 0 fully saturated rings. The van der Waals surface area contributed by atoms with E-state index in [0.29, 0.717) is 6.42 Å². The zero-order valence-corrected chi connectivity index (χ0v) is 7.81. The van der Waals surface area contributed by atoms with Crippen LogP contribution in [0.2, 0.25) is 0 Å². The summed E-state index contributed by atoms with van der Waals surface area (Å²) in [5, 5.41) is 0. The summed E-state index contributed by atoms with van der Waals surface area (Å²) in [5.41, 5.74) is 0. The highest BCUT2D eigenvalue weighted by Crippen LogP contribution is 2.04. The highest BCUT2D eigenvalue weighted by molar-refractivity contribution is 5.69. The Labute approximate surface area is 73.1 Å². The van der Waals surface area contributed by atoms with Crippen LogP contribution in [0.25, 0.3) is 0 Å². The van der Waals surface area contributed by atoms with Gasteiger partial charge >= 0.3 is 5.97 Å². The maximum Gasteiger partial charge on any atom is 0.308 e. The average Bonchev–Trinajstić information content (AvgIpc) is 1.97. The number of carbonyl (C=O) groups excluding carboxylic acids is 1. The molecule has 12 heavy (non-hydrogen) atoms. The lowest BCUT2D eigenvalue weighted by atomic mass is 10.2. The average molecular weight is 176 g/mol. The van der Waals surface area contributed by atoms with Crippen LogP contribution in [-0.2, 0) is 9.53 Å². The lowest BCUT2D eigenvalue weighted by Gasteiger charge is -2.04. The molecule has 0 amide bonds. The Morgan fingerprint density at radius 3 is 2.58 bits per heavy atom. The summed E-state index contributed by atoms with van der Waals surface area (Å²) >= 11 is 0. The summed E-state index contributed by atoms with van der Waals surface area (Å²) in [5.74, 6) is -0.430. The molecular weight excluding hydrogens is 159 g/mol. The molecule has 0 saturated heterocycles. The van der Waals surface area contributed by atoms with E-state index in [2.05, 4.69) is 11.7 Å². The number of carbonyl (C=O) groups is 1. The standard InChI is InChI=1S/C9H17FO2/c1-3-4-5-6-7-9(11)12-8(2)10/h8H,3-7H2,1-2H3. The maximum absolute atomic E-state index is 12.1. The van der Waals surface area contributed by atoms with Crippen molar-refractivity contribution in [3.8, 4) is 0 Å². The van der Waals surface area contributed by atoms with Gasteiger partial charge in [-0.25, -0.2) is 4.39 Å². The third-order valence-corrected chi connectivity index (χ3v) is 1.53. The molecule has 0 heterocycles. The second-order valence-electron chi connectivity index (χ2n) is 2.84. The summed E-state index contributed by atoms with van der Waals surface area (Å²) < 4.78 is 16.4. The zero-order chi connectivity index (χ0) is 9.40. The van der Waals surface area contributed by atoms with E-state index in [1.807, 2.05) is 0 Å².